The molecule has 1 unspecified atom stereocenters. The van der Waals surface area contributed by atoms with Crippen LogP contribution in [0.15, 0.2) is 18.2 Å². The molecular weight excluding hydrogens is 296 g/mol. The lowest BCUT2D eigenvalue weighted by atomic mass is 9.99. The van der Waals surface area contributed by atoms with Crippen molar-refractivity contribution in [2.75, 3.05) is 7.11 Å². The second kappa shape index (κ2) is 5.69. The van der Waals surface area contributed by atoms with E-state index in [2.05, 4.69) is 15.5 Å². The van der Waals surface area contributed by atoms with Crippen LogP contribution in [0.25, 0.3) is 11.4 Å². The number of benzene rings is 1. The van der Waals surface area contributed by atoms with Crippen molar-refractivity contribution < 1.29 is 14.6 Å². The third-order valence-electron chi connectivity index (χ3n) is 3.49. The summed E-state index contributed by atoms with van der Waals surface area (Å²) < 4.78 is 6.55. The molecule has 1 atom stereocenters. The Balaban J connectivity index is 2.66. The Hall–Kier alpha value is -2.15. The maximum atomic E-state index is 11.6. The first-order valence-corrected chi connectivity index (χ1v) is 6.68. The molecule has 0 aliphatic carbocycles. The molecular formula is C13H15ClN4O3. The second-order valence-electron chi connectivity index (χ2n) is 4.69. The number of halogens is 1. The van der Waals surface area contributed by atoms with Crippen molar-refractivity contribution in [2.24, 2.45) is 0 Å². The van der Waals surface area contributed by atoms with Crippen molar-refractivity contribution in [1.82, 2.24) is 20.2 Å². The van der Waals surface area contributed by atoms with Gasteiger partial charge < -0.3 is 9.84 Å². The van der Waals surface area contributed by atoms with Gasteiger partial charge in [0.05, 0.1) is 12.7 Å². The van der Waals surface area contributed by atoms with Gasteiger partial charge in [-0.05, 0) is 42.0 Å². The summed E-state index contributed by atoms with van der Waals surface area (Å²) >= 11 is 6.00. The van der Waals surface area contributed by atoms with Crippen LogP contribution in [-0.2, 0) is 10.3 Å². The monoisotopic (exact) mass is 310 g/mol. The maximum absolute atomic E-state index is 11.6. The summed E-state index contributed by atoms with van der Waals surface area (Å²) in [5.74, 6) is -0.208. The average molecular weight is 311 g/mol. The molecule has 1 aromatic heterocycles. The largest absolute Gasteiger partial charge is 0.496 e. The lowest BCUT2D eigenvalue weighted by Crippen LogP contribution is -2.39. The van der Waals surface area contributed by atoms with Gasteiger partial charge in [0.15, 0.2) is 11.4 Å². The number of tetrazole rings is 1. The summed E-state index contributed by atoms with van der Waals surface area (Å²) in [6, 6.07) is 5.00. The number of ether oxygens (including phenoxy) is 1. The molecule has 2 aromatic rings. The van der Waals surface area contributed by atoms with Crippen LogP contribution in [0.5, 0.6) is 5.75 Å². The Labute approximate surface area is 126 Å². The molecule has 1 N–H and O–H groups in total. The number of nitrogens with zero attached hydrogens (tertiary/aromatic N) is 4. The van der Waals surface area contributed by atoms with Crippen LogP contribution in [-0.4, -0.2) is 38.4 Å². The molecule has 0 aliphatic heterocycles. The number of carboxylic acids is 1. The number of methoxy groups -OCH3 is 1. The Morgan fingerprint density at radius 1 is 1.52 bits per heavy atom. The van der Waals surface area contributed by atoms with Gasteiger partial charge in [-0.2, -0.15) is 0 Å². The van der Waals surface area contributed by atoms with Gasteiger partial charge in [-0.25, -0.2) is 9.48 Å². The number of carboxylic acid groups (broad SMARTS) is 1. The number of aliphatic carboxylic acids is 1. The van der Waals surface area contributed by atoms with Gasteiger partial charge in [-0.1, -0.05) is 18.5 Å². The predicted octanol–water partition coefficient (Wildman–Crippen LogP) is 2.21. The van der Waals surface area contributed by atoms with E-state index in [1.54, 1.807) is 32.0 Å². The van der Waals surface area contributed by atoms with E-state index in [1.165, 1.54) is 11.8 Å². The topological polar surface area (TPSA) is 90.1 Å². The highest BCUT2D eigenvalue weighted by Crippen LogP contribution is 2.33. The van der Waals surface area contributed by atoms with Gasteiger partial charge in [0.2, 0.25) is 0 Å². The minimum Gasteiger partial charge on any atom is -0.496 e. The van der Waals surface area contributed by atoms with Crippen molar-refractivity contribution in [1.29, 1.82) is 0 Å². The quantitative estimate of drug-likeness (QED) is 0.910. The number of rotatable bonds is 5. The molecule has 1 heterocycles. The molecule has 2 rings (SSSR count). The van der Waals surface area contributed by atoms with E-state index in [-0.39, 0.29) is 0 Å². The molecule has 21 heavy (non-hydrogen) atoms. The van der Waals surface area contributed by atoms with Gasteiger partial charge in [-0.15, -0.1) is 5.10 Å². The fraction of sp³-hybridized carbons (Fsp3) is 0.385. The fourth-order valence-electron chi connectivity index (χ4n) is 1.93. The molecule has 8 heteroatoms. The first-order chi connectivity index (χ1) is 9.93. The molecule has 0 aliphatic rings. The van der Waals surface area contributed by atoms with Crippen molar-refractivity contribution >= 4 is 17.6 Å². The van der Waals surface area contributed by atoms with Gasteiger partial charge in [0.25, 0.3) is 0 Å². The molecule has 112 valence electrons. The molecule has 1 aromatic carbocycles. The highest BCUT2D eigenvalue weighted by Gasteiger charge is 2.37. The molecule has 0 radical (unpaired) electrons. The Kier molecular flexibility index (Phi) is 4.13. The van der Waals surface area contributed by atoms with Crippen LogP contribution >= 0.6 is 11.6 Å². The lowest BCUT2D eigenvalue weighted by molar-refractivity contribution is -0.147. The smallest absolute Gasteiger partial charge is 0.331 e. The summed E-state index contributed by atoms with van der Waals surface area (Å²) in [5.41, 5.74) is -0.720. The summed E-state index contributed by atoms with van der Waals surface area (Å²) in [6.07, 6.45) is 0.323. The fourth-order valence-corrected chi connectivity index (χ4v) is 2.11. The van der Waals surface area contributed by atoms with Crippen LogP contribution < -0.4 is 4.74 Å². The minimum atomic E-state index is -1.26. The summed E-state index contributed by atoms with van der Waals surface area (Å²) in [4.78, 5) is 11.6. The Bertz CT molecular complexity index is 673. The highest BCUT2D eigenvalue weighted by molar-refractivity contribution is 6.30. The molecule has 0 fully saturated rings. The summed E-state index contributed by atoms with van der Waals surface area (Å²) in [5, 5.41) is 21.3. The van der Waals surface area contributed by atoms with Crippen LogP contribution in [0, 0.1) is 0 Å². The zero-order chi connectivity index (χ0) is 15.6. The van der Waals surface area contributed by atoms with Crippen molar-refractivity contribution in [3.63, 3.8) is 0 Å². The van der Waals surface area contributed by atoms with Crippen molar-refractivity contribution in [2.45, 2.75) is 25.8 Å². The standard InChI is InChI=1S/C13H15ClN4O3/c1-4-13(2,12(19)20)18-11(15-16-17-18)9-7-8(14)5-6-10(9)21-3/h5-7H,4H2,1-3H3,(H,19,20). The molecule has 0 bridgehead atoms. The molecule has 0 amide bonds. The summed E-state index contributed by atoms with van der Waals surface area (Å²) in [6.45, 7) is 3.32. The van der Waals surface area contributed by atoms with Crippen LogP contribution in [0.2, 0.25) is 5.02 Å². The number of hydrogen-bond donors (Lipinski definition) is 1. The Morgan fingerprint density at radius 2 is 2.24 bits per heavy atom. The third-order valence-corrected chi connectivity index (χ3v) is 3.72. The van der Waals surface area contributed by atoms with E-state index >= 15 is 0 Å². The minimum absolute atomic E-state index is 0.293. The molecule has 0 saturated heterocycles. The first-order valence-electron chi connectivity index (χ1n) is 6.30. The van der Waals surface area contributed by atoms with Crippen LogP contribution in [0.3, 0.4) is 0 Å². The van der Waals surface area contributed by atoms with Gasteiger partial charge in [-0.3, -0.25) is 0 Å². The zero-order valence-electron chi connectivity index (χ0n) is 11.9. The number of carbonyl (C=O) groups is 1. The first kappa shape index (κ1) is 15.2. The van der Waals surface area contributed by atoms with Crippen LogP contribution in [0.4, 0.5) is 0 Å². The van der Waals surface area contributed by atoms with E-state index in [1.807, 2.05) is 0 Å². The maximum Gasteiger partial charge on any atom is 0.331 e. The van der Waals surface area contributed by atoms with E-state index in [4.69, 9.17) is 16.3 Å². The van der Waals surface area contributed by atoms with E-state index in [9.17, 15) is 9.90 Å². The average Bonchev–Trinajstić information content (AvgIpc) is 2.95. The lowest BCUT2D eigenvalue weighted by Gasteiger charge is -2.24. The number of hydrogen-bond acceptors (Lipinski definition) is 5. The van der Waals surface area contributed by atoms with Crippen molar-refractivity contribution in [3.05, 3.63) is 23.2 Å². The third kappa shape index (κ3) is 2.56. The number of aromatic nitrogens is 4. The predicted molar refractivity (Wildman–Crippen MR) is 76.4 cm³/mol. The highest BCUT2D eigenvalue weighted by atomic mass is 35.5. The normalized spacial score (nSPS) is 13.7. The molecule has 0 saturated carbocycles. The Morgan fingerprint density at radius 3 is 2.81 bits per heavy atom. The second-order valence-corrected chi connectivity index (χ2v) is 5.13. The van der Waals surface area contributed by atoms with E-state index in [0.29, 0.717) is 28.6 Å². The van der Waals surface area contributed by atoms with Crippen molar-refractivity contribution in [3.8, 4) is 17.1 Å². The van der Waals surface area contributed by atoms with Gasteiger partial charge in [0, 0.05) is 5.02 Å². The van der Waals surface area contributed by atoms with Gasteiger partial charge in [0.1, 0.15) is 5.75 Å². The summed E-state index contributed by atoms with van der Waals surface area (Å²) in [7, 11) is 1.51. The SMILES string of the molecule is CCC(C)(C(=O)O)n1nnnc1-c1cc(Cl)ccc1OC. The molecule has 0 spiro atoms. The van der Waals surface area contributed by atoms with E-state index < -0.39 is 11.5 Å². The van der Waals surface area contributed by atoms with Gasteiger partial charge >= 0.3 is 5.97 Å². The molecule has 7 nitrogen and oxygen atoms in total. The van der Waals surface area contributed by atoms with E-state index in [0.717, 1.165) is 0 Å². The zero-order valence-corrected chi connectivity index (χ0v) is 12.6. The van der Waals surface area contributed by atoms with Crippen LogP contribution in [0.1, 0.15) is 20.3 Å².